The van der Waals surface area contributed by atoms with E-state index in [0.29, 0.717) is 13.1 Å². The number of amides is 1. The van der Waals surface area contributed by atoms with E-state index in [0.717, 1.165) is 45.6 Å². The number of hydrogen-bond acceptors (Lipinski definition) is 3. The van der Waals surface area contributed by atoms with Gasteiger partial charge in [-0.25, -0.2) is 0 Å². The Morgan fingerprint density at radius 3 is 2.53 bits per heavy atom. The summed E-state index contributed by atoms with van der Waals surface area (Å²) in [7, 11) is 0. The van der Waals surface area contributed by atoms with Gasteiger partial charge in [0.15, 0.2) is 0 Å². The molecule has 0 unspecified atom stereocenters. The topological polar surface area (TPSA) is 35.6 Å². The summed E-state index contributed by atoms with van der Waals surface area (Å²) in [6.45, 7) is 8.33. The normalized spacial score (nSPS) is 17.6. The molecule has 1 fully saturated rings. The summed E-state index contributed by atoms with van der Waals surface area (Å²) in [6.07, 6.45) is 7.16. The number of carbonyl (C=O) groups is 1. The first kappa shape index (κ1) is 14.0. The molecule has 17 heavy (non-hydrogen) atoms. The summed E-state index contributed by atoms with van der Waals surface area (Å²) in [6, 6.07) is 0. The summed E-state index contributed by atoms with van der Waals surface area (Å²) in [5.41, 5.74) is 0. The van der Waals surface area contributed by atoms with Crippen LogP contribution >= 0.6 is 0 Å². The fourth-order valence-electron chi connectivity index (χ4n) is 2.03. The van der Waals surface area contributed by atoms with Crippen LogP contribution in [-0.4, -0.2) is 61.5 Å². The lowest BCUT2D eigenvalue weighted by Crippen LogP contribution is -2.49. The zero-order valence-electron chi connectivity index (χ0n) is 10.7. The molecule has 0 aliphatic carbocycles. The van der Waals surface area contributed by atoms with Crippen molar-refractivity contribution in [3.63, 3.8) is 0 Å². The molecule has 1 N–H and O–H groups in total. The molecule has 0 bridgehead atoms. The van der Waals surface area contributed by atoms with Crippen LogP contribution in [0.5, 0.6) is 0 Å². The highest BCUT2D eigenvalue weighted by atomic mass is 16.2. The smallest absolute Gasteiger partial charge is 0.234 e. The fourth-order valence-corrected chi connectivity index (χ4v) is 2.03. The Morgan fingerprint density at radius 1 is 1.29 bits per heavy atom. The lowest BCUT2D eigenvalue weighted by Gasteiger charge is -2.34. The average molecular weight is 237 g/mol. The van der Waals surface area contributed by atoms with Crippen LogP contribution < -0.4 is 5.32 Å². The largest absolute Gasteiger partial charge is 0.355 e. The van der Waals surface area contributed by atoms with Crippen molar-refractivity contribution in [3.05, 3.63) is 0 Å². The third-order valence-corrected chi connectivity index (χ3v) is 3.00. The molecule has 1 aliphatic rings. The van der Waals surface area contributed by atoms with E-state index in [1.165, 1.54) is 0 Å². The van der Waals surface area contributed by atoms with Crippen molar-refractivity contribution in [1.29, 1.82) is 0 Å². The van der Waals surface area contributed by atoms with Gasteiger partial charge >= 0.3 is 0 Å². The number of likely N-dealkylation sites (N-methyl/N-ethyl adjacent to an activating group) is 1. The Labute approximate surface area is 104 Å². The third kappa shape index (κ3) is 5.71. The van der Waals surface area contributed by atoms with E-state index in [1.54, 1.807) is 0 Å². The standard InChI is InChI=1S/C13H23N3O/c1-3-5-6-7-15-8-10-16(11-9-15)12-13(17)14-4-2/h1H,4-12H2,2H3,(H,14,17). The molecule has 0 aromatic carbocycles. The highest BCUT2D eigenvalue weighted by Crippen LogP contribution is 2.03. The van der Waals surface area contributed by atoms with Crippen molar-refractivity contribution < 1.29 is 4.79 Å². The monoisotopic (exact) mass is 237 g/mol. The first-order chi connectivity index (χ1) is 8.26. The number of hydrogen-bond donors (Lipinski definition) is 1. The van der Waals surface area contributed by atoms with Crippen molar-refractivity contribution in [2.75, 3.05) is 45.8 Å². The zero-order valence-corrected chi connectivity index (χ0v) is 10.7. The van der Waals surface area contributed by atoms with Crippen LogP contribution in [0.2, 0.25) is 0 Å². The van der Waals surface area contributed by atoms with Crippen LogP contribution in [0.3, 0.4) is 0 Å². The van der Waals surface area contributed by atoms with Crippen LogP contribution in [0.1, 0.15) is 19.8 Å². The van der Waals surface area contributed by atoms with Gasteiger partial charge in [0.2, 0.25) is 5.91 Å². The quantitative estimate of drug-likeness (QED) is 0.528. The Morgan fingerprint density at radius 2 is 1.94 bits per heavy atom. The number of rotatable bonds is 6. The molecule has 0 aromatic heterocycles. The maximum atomic E-state index is 11.4. The lowest BCUT2D eigenvalue weighted by molar-refractivity contribution is -0.122. The molecule has 0 radical (unpaired) electrons. The SMILES string of the molecule is C#CCCCN1CCN(CC(=O)NCC)CC1. The summed E-state index contributed by atoms with van der Waals surface area (Å²) >= 11 is 0. The van der Waals surface area contributed by atoms with Gasteiger partial charge in [0.1, 0.15) is 0 Å². The molecule has 1 saturated heterocycles. The minimum Gasteiger partial charge on any atom is -0.355 e. The highest BCUT2D eigenvalue weighted by Gasteiger charge is 2.17. The van der Waals surface area contributed by atoms with E-state index in [4.69, 9.17) is 6.42 Å². The van der Waals surface area contributed by atoms with E-state index < -0.39 is 0 Å². The van der Waals surface area contributed by atoms with Crippen LogP contribution in [0.25, 0.3) is 0 Å². The molecular formula is C13H23N3O. The molecule has 4 heteroatoms. The molecule has 96 valence electrons. The van der Waals surface area contributed by atoms with E-state index in [-0.39, 0.29) is 5.91 Å². The van der Waals surface area contributed by atoms with Crippen LogP contribution in [0, 0.1) is 12.3 Å². The predicted octanol–water partition coefficient (Wildman–Crippen LogP) is 0.154. The van der Waals surface area contributed by atoms with E-state index in [1.807, 2.05) is 6.92 Å². The van der Waals surface area contributed by atoms with E-state index >= 15 is 0 Å². The average Bonchev–Trinajstić information content (AvgIpc) is 2.32. The van der Waals surface area contributed by atoms with Gasteiger partial charge < -0.3 is 10.2 Å². The minimum atomic E-state index is 0.133. The Hall–Kier alpha value is -1.05. The van der Waals surface area contributed by atoms with Crippen LogP contribution in [0.15, 0.2) is 0 Å². The van der Waals surface area contributed by atoms with E-state index in [9.17, 15) is 4.79 Å². The number of piperazine rings is 1. The molecule has 1 rings (SSSR count). The third-order valence-electron chi connectivity index (χ3n) is 3.00. The first-order valence-electron chi connectivity index (χ1n) is 6.41. The van der Waals surface area contributed by atoms with Crippen molar-refractivity contribution >= 4 is 5.91 Å². The number of carbonyl (C=O) groups excluding carboxylic acids is 1. The molecule has 0 spiro atoms. The maximum Gasteiger partial charge on any atom is 0.234 e. The molecule has 1 heterocycles. The second-order valence-electron chi connectivity index (χ2n) is 4.38. The van der Waals surface area contributed by atoms with Crippen molar-refractivity contribution in [1.82, 2.24) is 15.1 Å². The van der Waals surface area contributed by atoms with Gasteiger partial charge in [-0.3, -0.25) is 9.69 Å². The van der Waals surface area contributed by atoms with Gasteiger partial charge in [-0.05, 0) is 19.9 Å². The second kappa shape index (κ2) is 8.10. The molecule has 0 aromatic rings. The number of nitrogens with one attached hydrogen (secondary N) is 1. The molecular weight excluding hydrogens is 214 g/mol. The summed E-state index contributed by atoms with van der Waals surface area (Å²) in [5, 5.41) is 2.83. The van der Waals surface area contributed by atoms with Gasteiger partial charge in [-0.1, -0.05) is 0 Å². The van der Waals surface area contributed by atoms with Crippen LogP contribution in [0.4, 0.5) is 0 Å². The lowest BCUT2D eigenvalue weighted by atomic mass is 10.2. The first-order valence-corrected chi connectivity index (χ1v) is 6.41. The van der Waals surface area contributed by atoms with Gasteiger partial charge in [0.25, 0.3) is 0 Å². The minimum absolute atomic E-state index is 0.133. The summed E-state index contributed by atoms with van der Waals surface area (Å²) in [4.78, 5) is 16.0. The summed E-state index contributed by atoms with van der Waals surface area (Å²) in [5.74, 6) is 2.80. The molecule has 4 nitrogen and oxygen atoms in total. The number of nitrogens with zero attached hydrogens (tertiary/aromatic N) is 2. The maximum absolute atomic E-state index is 11.4. The highest BCUT2D eigenvalue weighted by molar-refractivity contribution is 5.77. The molecule has 1 amide bonds. The predicted molar refractivity (Wildman–Crippen MR) is 69.6 cm³/mol. The second-order valence-corrected chi connectivity index (χ2v) is 4.38. The fraction of sp³-hybridized carbons (Fsp3) is 0.769. The molecule has 0 saturated carbocycles. The zero-order chi connectivity index (χ0) is 12.5. The summed E-state index contributed by atoms with van der Waals surface area (Å²) < 4.78 is 0. The van der Waals surface area contributed by atoms with Gasteiger partial charge in [-0.2, -0.15) is 0 Å². The van der Waals surface area contributed by atoms with Gasteiger partial charge in [0.05, 0.1) is 6.54 Å². The Kier molecular flexibility index (Phi) is 6.68. The number of terminal acetylenes is 1. The van der Waals surface area contributed by atoms with Crippen molar-refractivity contribution in [2.45, 2.75) is 19.8 Å². The molecule has 1 aliphatic heterocycles. The van der Waals surface area contributed by atoms with Crippen LogP contribution in [-0.2, 0) is 4.79 Å². The van der Waals surface area contributed by atoms with Crippen molar-refractivity contribution in [2.24, 2.45) is 0 Å². The number of unbranched alkanes of at least 4 members (excludes halogenated alkanes) is 1. The Balaban J connectivity index is 2.13. The van der Waals surface area contributed by atoms with E-state index in [2.05, 4.69) is 21.0 Å². The Bertz CT molecular complexity index is 264. The molecule has 0 atom stereocenters. The van der Waals surface area contributed by atoms with Gasteiger partial charge in [-0.15, -0.1) is 12.3 Å². The van der Waals surface area contributed by atoms with Crippen molar-refractivity contribution in [3.8, 4) is 12.3 Å². The van der Waals surface area contributed by atoms with Gasteiger partial charge in [0, 0.05) is 39.1 Å².